The van der Waals surface area contributed by atoms with Gasteiger partial charge in [-0.1, -0.05) is 375 Å². The van der Waals surface area contributed by atoms with Crippen molar-refractivity contribution in [3.63, 3.8) is 0 Å². The van der Waals surface area contributed by atoms with Crippen molar-refractivity contribution >= 4 is 23.5 Å². The summed E-state index contributed by atoms with van der Waals surface area (Å²) in [6.07, 6.45) is 76.4. The Hall–Kier alpha value is -1.80. The minimum absolute atomic E-state index is 0.0636. The first-order valence-electron chi connectivity index (χ1n) is 40.7. The number of unbranched alkanes of at least 4 members (excludes halogenated alkanes) is 50. The number of hydrogen-bond acceptors (Lipinski definition) is 8. The van der Waals surface area contributed by atoms with Crippen molar-refractivity contribution in [2.24, 2.45) is 0 Å². The molecule has 8 nitrogen and oxygen atoms in total. The highest BCUT2D eigenvalue weighted by Crippen LogP contribution is 2.23. The highest BCUT2D eigenvalue weighted by atomic mass is 16.6. The van der Waals surface area contributed by atoms with Crippen LogP contribution in [0.5, 0.6) is 0 Å². The molecule has 0 aromatic carbocycles. The van der Waals surface area contributed by atoms with Crippen molar-refractivity contribution in [2.75, 3.05) is 13.2 Å². The molecule has 0 unspecified atom stereocenters. The van der Waals surface area contributed by atoms with Gasteiger partial charge in [0.1, 0.15) is 23.8 Å². The van der Waals surface area contributed by atoms with E-state index in [1.165, 1.54) is 308 Å². The van der Waals surface area contributed by atoms with Gasteiger partial charge in [0.2, 0.25) is 0 Å². The van der Waals surface area contributed by atoms with Crippen LogP contribution in [0.15, 0.2) is 0 Å². The molecule has 0 aromatic heterocycles. The summed E-state index contributed by atoms with van der Waals surface area (Å²) in [7, 11) is 0. The monoisotopic (exact) mass is 1270 g/mol. The number of hydrogen-bond donors (Lipinski definition) is 0. The van der Waals surface area contributed by atoms with Gasteiger partial charge in [0.15, 0.2) is 0 Å². The largest absolute Gasteiger partial charge is 0.462 e. The summed E-state index contributed by atoms with van der Waals surface area (Å²) < 4.78 is 24.5. The third-order valence-electron chi connectivity index (χ3n) is 18.6. The molecule has 90 heavy (non-hydrogen) atoms. The topological polar surface area (TPSA) is 105 Å². The van der Waals surface area contributed by atoms with Crippen molar-refractivity contribution in [3.05, 3.63) is 0 Å². The highest BCUT2D eigenvalue weighted by molar-refractivity contribution is 5.77. The summed E-state index contributed by atoms with van der Waals surface area (Å²) in [6, 6.07) is 0. The molecule has 0 spiro atoms. The van der Waals surface area contributed by atoms with Crippen LogP contribution in [0.1, 0.15) is 466 Å². The average Bonchev–Trinajstić information content (AvgIpc) is 3.73. The minimum atomic E-state index is -0.283. The summed E-state index contributed by atoms with van der Waals surface area (Å²) >= 11 is 0. The van der Waals surface area contributed by atoms with Crippen molar-refractivity contribution in [3.8, 4) is 0 Å². The Morgan fingerprint density at radius 1 is 0.211 bits per heavy atom. The van der Waals surface area contributed by atoms with Crippen LogP contribution in [-0.2, 0) is 38.1 Å². The Morgan fingerprint density at radius 3 is 0.567 bits per heavy atom. The summed E-state index contributed by atoms with van der Waals surface area (Å²) in [5.41, 5.74) is 0. The Labute approximate surface area is 562 Å². The molecule has 0 N–H and O–H groups in total. The van der Waals surface area contributed by atoms with E-state index < -0.39 is 0 Å². The summed E-state index contributed by atoms with van der Waals surface area (Å²) in [4.78, 5) is 50.0. The smallest absolute Gasteiger partial charge is 0.308 e. The molecule has 536 valence electrons. The first-order chi connectivity index (χ1) is 44.1. The molecule has 0 saturated carbocycles. The highest BCUT2D eigenvalue weighted by Gasteiger charge is 2.23. The fraction of sp³-hybridized carbons (Fsp3) is 0.951. The molecular weight excluding hydrogens is 1110 g/mol. The minimum Gasteiger partial charge on any atom is -0.462 e. The van der Waals surface area contributed by atoms with Crippen molar-refractivity contribution in [1.82, 2.24) is 0 Å². The third kappa shape index (κ3) is 73.6. The van der Waals surface area contributed by atoms with Gasteiger partial charge in [0, 0.05) is 26.1 Å². The molecule has 4 atom stereocenters. The number of ketones is 2. The Bertz CT molecular complexity index is 1340. The quantitative estimate of drug-likeness (QED) is 0.0438. The molecular formula is C82H160O8. The SMILES string of the molecule is CCCCCCCCCCCCO[C@@H](CCCCCCCCCCC)CC(=O)O[C@H](CCCCCCCCCCC)CC(C)=O.CCCCCCCCCCCCO[C@H](CCCCCCCCCCC)CC(=O)O[C@@H](CCCCCCCCCCC)CC(C)=O. The number of carbonyl (C=O) groups is 4. The van der Waals surface area contributed by atoms with E-state index in [0.717, 1.165) is 90.3 Å². The molecule has 0 bridgehead atoms. The van der Waals surface area contributed by atoms with Crippen LogP contribution < -0.4 is 0 Å². The van der Waals surface area contributed by atoms with Crippen LogP contribution in [0.2, 0.25) is 0 Å². The molecule has 0 aliphatic heterocycles. The predicted octanol–water partition coefficient (Wildman–Crippen LogP) is 26.8. The second-order valence-corrected chi connectivity index (χ2v) is 28.3. The predicted molar refractivity (Wildman–Crippen MR) is 390 cm³/mol. The van der Waals surface area contributed by atoms with Gasteiger partial charge in [-0.2, -0.15) is 0 Å². The first kappa shape index (κ1) is 90.3. The second kappa shape index (κ2) is 76.2. The van der Waals surface area contributed by atoms with E-state index in [2.05, 4.69) is 41.5 Å². The maximum atomic E-state index is 13.1. The van der Waals surface area contributed by atoms with E-state index >= 15 is 0 Å². The van der Waals surface area contributed by atoms with Gasteiger partial charge in [0.25, 0.3) is 0 Å². The van der Waals surface area contributed by atoms with Crippen LogP contribution in [0.3, 0.4) is 0 Å². The van der Waals surface area contributed by atoms with E-state index in [4.69, 9.17) is 18.9 Å². The lowest BCUT2D eigenvalue weighted by Gasteiger charge is -2.21. The zero-order chi connectivity index (χ0) is 66.1. The van der Waals surface area contributed by atoms with E-state index in [9.17, 15) is 19.2 Å². The van der Waals surface area contributed by atoms with Gasteiger partial charge in [-0.15, -0.1) is 0 Å². The van der Waals surface area contributed by atoms with E-state index in [1.807, 2.05) is 0 Å². The lowest BCUT2D eigenvalue weighted by atomic mass is 10.0. The van der Waals surface area contributed by atoms with Crippen LogP contribution in [0.4, 0.5) is 0 Å². The molecule has 0 fully saturated rings. The maximum absolute atomic E-state index is 13.1. The second-order valence-electron chi connectivity index (χ2n) is 28.3. The van der Waals surface area contributed by atoms with E-state index in [-0.39, 0.29) is 47.9 Å². The Kier molecular flexibility index (Phi) is 76.4. The number of carbonyl (C=O) groups excluding carboxylic acids is 4. The van der Waals surface area contributed by atoms with E-state index in [1.54, 1.807) is 13.8 Å². The first-order valence-corrected chi connectivity index (χ1v) is 40.7. The number of ether oxygens (including phenoxy) is 4. The molecule has 0 heterocycles. The Balaban J connectivity index is 0. The molecule has 0 aromatic rings. The average molecular weight is 1270 g/mol. The van der Waals surface area contributed by atoms with E-state index in [0.29, 0.717) is 25.7 Å². The molecule has 0 aliphatic carbocycles. The third-order valence-corrected chi connectivity index (χ3v) is 18.6. The van der Waals surface area contributed by atoms with Crippen molar-refractivity contribution < 1.29 is 38.1 Å². The lowest BCUT2D eigenvalue weighted by Crippen LogP contribution is -2.25. The maximum Gasteiger partial charge on any atom is 0.308 e. The normalized spacial score (nSPS) is 12.8. The number of esters is 2. The molecule has 0 aliphatic rings. The standard InChI is InChI=1S/2C41H80O4/c2*1-5-8-11-14-17-20-23-26-29-32-35-44-39(33-30-27-24-21-18-15-12-9-6-2)37-41(43)45-40(36-38(4)42)34-31-28-25-22-19-16-13-10-7-3/h2*39-40H,5-37H2,1-4H3/t2*39-,40+/m10/s1. The molecule has 0 rings (SSSR count). The zero-order valence-corrected chi connectivity index (χ0v) is 62.2. The number of rotatable bonds is 74. The molecule has 8 heteroatoms. The van der Waals surface area contributed by atoms with Crippen LogP contribution >= 0.6 is 0 Å². The summed E-state index contributed by atoms with van der Waals surface area (Å²) in [5.74, 6) is -0.151. The fourth-order valence-corrected chi connectivity index (χ4v) is 12.8. The zero-order valence-electron chi connectivity index (χ0n) is 62.2. The van der Waals surface area contributed by atoms with Gasteiger partial charge in [-0.05, 0) is 65.2 Å². The van der Waals surface area contributed by atoms with Gasteiger partial charge in [0.05, 0.1) is 25.0 Å². The van der Waals surface area contributed by atoms with Crippen LogP contribution in [-0.4, -0.2) is 61.1 Å². The molecule has 0 saturated heterocycles. The van der Waals surface area contributed by atoms with Gasteiger partial charge >= 0.3 is 11.9 Å². The van der Waals surface area contributed by atoms with Gasteiger partial charge < -0.3 is 18.9 Å². The number of Topliss-reactive ketones (excluding diaryl/α,β-unsaturated/α-hetero) is 2. The van der Waals surface area contributed by atoms with Crippen molar-refractivity contribution in [2.45, 2.75) is 491 Å². The Morgan fingerprint density at radius 2 is 0.378 bits per heavy atom. The van der Waals surface area contributed by atoms with Crippen molar-refractivity contribution in [1.29, 1.82) is 0 Å². The van der Waals surface area contributed by atoms with Crippen LogP contribution in [0.25, 0.3) is 0 Å². The fourth-order valence-electron chi connectivity index (χ4n) is 12.8. The van der Waals surface area contributed by atoms with Gasteiger partial charge in [-0.3, -0.25) is 19.2 Å². The summed E-state index contributed by atoms with van der Waals surface area (Å²) in [5, 5.41) is 0. The van der Waals surface area contributed by atoms with Crippen LogP contribution in [0, 0.1) is 0 Å². The lowest BCUT2D eigenvalue weighted by molar-refractivity contribution is -0.155. The molecule has 0 amide bonds. The van der Waals surface area contributed by atoms with Gasteiger partial charge in [-0.25, -0.2) is 0 Å². The summed E-state index contributed by atoms with van der Waals surface area (Å²) in [6.45, 7) is 18.3. The molecule has 0 radical (unpaired) electrons.